The van der Waals surface area contributed by atoms with E-state index in [1.165, 1.54) is 19.1 Å². The maximum atomic E-state index is 12.9. The van der Waals surface area contributed by atoms with Gasteiger partial charge in [0.1, 0.15) is 0 Å². The Balaban J connectivity index is 2.63. The van der Waals surface area contributed by atoms with Gasteiger partial charge in [0.15, 0.2) is 11.5 Å². The number of aromatic nitrogens is 1. The quantitative estimate of drug-likeness (QED) is 0.909. The van der Waals surface area contributed by atoms with E-state index in [1.807, 2.05) is 0 Å². The summed E-state index contributed by atoms with van der Waals surface area (Å²) in [6.45, 7) is 1.48. The number of hydrogen-bond acceptors (Lipinski definition) is 3. The van der Waals surface area contributed by atoms with Crippen molar-refractivity contribution in [2.24, 2.45) is 0 Å². The fourth-order valence-corrected chi connectivity index (χ4v) is 1.72. The minimum absolute atomic E-state index is 0.199. The monoisotopic (exact) mass is 271 g/mol. The van der Waals surface area contributed by atoms with Crippen LogP contribution in [0.1, 0.15) is 21.6 Å². The number of aromatic carboxylic acids is 1. The Kier molecular flexibility index (Phi) is 3.05. The number of rotatable bonds is 2. The van der Waals surface area contributed by atoms with Crippen LogP contribution < -0.4 is 0 Å². The van der Waals surface area contributed by atoms with E-state index < -0.39 is 23.4 Å². The molecule has 0 bridgehead atoms. The van der Waals surface area contributed by atoms with Crippen LogP contribution in [-0.4, -0.2) is 16.2 Å². The first kappa shape index (κ1) is 13.1. The molecule has 1 N–H and O–H groups in total. The summed E-state index contributed by atoms with van der Waals surface area (Å²) in [4.78, 5) is 10.7. The largest absolute Gasteiger partial charge is 0.476 e. The predicted molar refractivity (Wildman–Crippen MR) is 58.6 cm³/mol. The van der Waals surface area contributed by atoms with Gasteiger partial charge >= 0.3 is 12.1 Å². The number of aryl methyl sites for hydroxylation is 1. The Morgan fingerprint density at radius 3 is 2.58 bits per heavy atom. The third kappa shape index (κ3) is 2.44. The van der Waals surface area contributed by atoms with Crippen molar-refractivity contribution < 1.29 is 27.6 Å². The van der Waals surface area contributed by atoms with Crippen LogP contribution in [0.15, 0.2) is 28.8 Å². The van der Waals surface area contributed by atoms with Gasteiger partial charge in [-0.1, -0.05) is 17.3 Å². The SMILES string of the molecule is Cc1cccc(C(F)(F)F)c1-c1cc(C(=O)O)no1. The second-order valence-corrected chi connectivity index (χ2v) is 3.88. The number of alkyl halides is 3. The third-order valence-corrected chi connectivity index (χ3v) is 2.55. The second-order valence-electron chi connectivity index (χ2n) is 3.88. The Morgan fingerprint density at radius 2 is 2.05 bits per heavy atom. The third-order valence-electron chi connectivity index (χ3n) is 2.55. The van der Waals surface area contributed by atoms with Crippen molar-refractivity contribution in [2.45, 2.75) is 13.1 Å². The normalized spacial score (nSPS) is 11.6. The van der Waals surface area contributed by atoms with Crippen molar-refractivity contribution in [2.75, 3.05) is 0 Å². The van der Waals surface area contributed by atoms with Crippen molar-refractivity contribution in [3.8, 4) is 11.3 Å². The molecule has 0 amide bonds. The van der Waals surface area contributed by atoms with Crippen LogP contribution in [-0.2, 0) is 6.18 Å². The average molecular weight is 271 g/mol. The van der Waals surface area contributed by atoms with E-state index in [0.717, 1.165) is 12.1 Å². The van der Waals surface area contributed by atoms with Gasteiger partial charge in [0.25, 0.3) is 0 Å². The van der Waals surface area contributed by atoms with Gasteiger partial charge in [-0.2, -0.15) is 13.2 Å². The fraction of sp³-hybridized carbons (Fsp3) is 0.167. The number of benzene rings is 1. The molecule has 7 heteroatoms. The highest BCUT2D eigenvalue weighted by Crippen LogP contribution is 2.38. The minimum atomic E-state index is -4.56. The molecule has 0 atom stereocenters. The number of nitrogens with zero attached hydrogens (tertiary/aromatic N) is 1. The predicted octanol–water partition coefficient (Wildman–Crippen LogP) is 3.37. The summed E-state index contributed by atoms with van der Waals surface area (Å²) in [6, 6.07) is 4.63. The Hall–Kier alpha value is -2.31. The molecule has 0 fully saturated rings. The van der Waals surface area contributed by atoms with Crippen molar-refractivity contribution >= 4 is 5.97 Å². The van der Waals surface area contributed by atoms with Gasteiger partial charge in [0.2, 0.25) is 0 Å². The highest BCUT2D eigenvalue weighted by Gasteiger charge is 2.35. The minimum Gasteiger partial charge on any atom is -0.476 e. The summed E-state index contributed by atoms with van der Waals surface area (Å²) in [6.07, 6.45) is -4.56. The zero-order chi connectivity index (χ0) is 14.2. The van der Waals surface area contributed by atoms with E-state index in [9.17, 15) is 18.0 Å². The number of halogens is 3. The van der Waals surface area contributed by atoms with Gasteiger partial charge in [0.05, 0.1) is 5.56 Å². The first-order chi connectivity index (χ1) is 8.80. The molecule has 19 heavy (non-hydrogen) atoms. The Bertz CT molecular complexity index is 631. The molecule has 0 radical (unpaired) electrons. The molecular weight excluding hydrogens is 263 g/mol. The zero-order valence-electron chi connectivity index (χ0n) is 9.65. The highest BCUT2D eigenvalue weighted by molar-refractivity contribution is 5.86. The van der Waals surface area contributed by atoms with Crippen LogP contribution in [0.2, 0.25) is 0 Å². The molecule has 0 unspecified atom stereocenters. The summed E-state index contributed by atoms with van der Waals surface area (Å²) < 4.78 is 43.4. The number of carboxylic acid groups (broad SMARTS) is 1. The molecule has 0 aliphatic rings. The molecule has 4 nitrogen and oxygen atoms in total. The van der Waals surface area contributed by atoms with Gasteiger partial charge in [-0.15, -0.1) is 0 Å². The van der Waals surface area contributed by atoms with E-state index in [1.54, 1.807) is 0 Å². The molecule has 1 aromatic heterocycles. The van der Waals surface area contributed by atoms with Crippen molar-refractivity contribution in [3.05, 3.63) is 41.1 Å². The molecule has 0 aliphatic heterocycles. The van der Waals surface area contributed by atoms with Crippen LogP contribution in [0, 0.1) is 6.92 Å². The zero-order valence-corrected chi connectivity index (χ0v) is 9.65. The van der Waals surface area contributed by atoms with Crippen LogP contribution in [0.3, 0.4) is 0 Å². The van der Waals surface area contributed by atoms with E-state index in [4.69, 9.17) is 9.63 Å². The van der Waals surface area contributed by atoms with Gasteiger partial charge in [-0.05, 0) is 18.6 Å². The molecule has 0 spiro atoms. The molecule has 0 aliphatic carbocycles. The highest BCUT2D eigenvalue weighted by atomic mass is 19.4. The fourth-order valence-electron chi connectivity index (χ4n) is 1.72. The van der Waals surface area contributed by atoms with Crippen LogP contribution in [0.4, 0.5) is 13.2 Å². The smallest absolute Gasteiger partial charge is 0.417 e. The molecular formula is C12H8F3NO3. The van der Waals surface area contributed by atoms with E-state index in [0.29, 0.717) is 5.56 Å². The molecule has 1 heterocycles. The summed E-state index contributed by atoms with van der Waals surface area (Å²) >= 11 is 0. The Morgan fingerprint density at radius 1 is 1.37 bits per heavy atom. The summed E-state index contributed by atoms with van der Waals surface area (Å²) in [5.41, 5.74) is -1.20. The summed E-state index contributed by atoms with van der Waals surface area (Å²) in [5.74, 6) is -1.58. The standard InChI is InChI=1S/C12H8F3NO3/c1-6-3-2-4-7(12(13,14)15)10(6)9-5-8(11(17)18)16-19-9/h2-5H,1H3,(H,17,18). The van der Waals surface area contributed by atoms with Crippen molar-refractivity contribution in [1.29, 1.82) is 0 Å². The number of hydrogen-bond donors (Lipinski definition) is 1. The van der Waals surface area contributed by atoms with Crippen LogP contribution >= 0.6 is 0 Å². The lowest BCUT2D eigenvalue weighted by molar-refractivity contribution is -0.137. The van der Waals surface area contributed by atoms with Crippen molar-refractivity contribution in [1.82, 2.24) is 5.16 Å². The number of carbonyl (C=O) groups is 1. The van der Waals surface area contributed by atoms with Crippen LogP contribution in [0.5, 0.6) is 0 Å². The van der Waals surface area contributed by atoms with Crippen molar-refractivity contribution in [3.63, 3.8) is 0 Å². The molecule has 2 aromatic rings. The summed E-state index contributed by atoms with van der Waals surface area (Å²) in [7, 11) is 0. The molecule has 0 saturated heterocycles. The molecule has 2 rings (SSSR count). The average Bonchev–Trinajstić information content (AvgIpc) is 2.76. The van der Waals surface area contributed by atoms with Gasteiger partial charge in [-0.3, -0.25) is 0 Å². The van der Waals surface area contributed by atoms with E-state index in [2.05, 4.69) is 5.16 Å². The molecule has 1 aromatic carbocycles. The second kappa shape index (κ2) is 4.42. The maximum Gasteiger partial charge on any atom is 0.417 e. The first-order valence-electron chi connectivity index (χ1n) is 5.18. The number of carboxylic acids is 1. The maximum absolute atomic E-state index is 12.9. The lowest BCUT2D eigenvalue weighted by Crippen LogP contribution is -2.07. The molecule has 100 valence electrons. The van der Waals surface area contributed by atoms with Gasteiger partial charge in [-0.25, -0.2) is 4.79 Å². The van der Waals surface area contributed by atoms with Gasteiger partial charge < -0.3 is 9.63 Å². The summed E-state index contributed by atoms with van der Waals surface area (Å²) in [5, 5.41) is 11.9. The lowest BCUT2D eigenvalue weighted by Gasteiger charge is -2.12. The molecule has 0 saturated carbocycles. The van der Waals surface area contributed by atoms with Crippen LogP contribution in [0.25, 0.3) is 11.3 Å². The van der Waals surface area contributed by atoms with E-state index >= 15 is 0 Å². The lowest BCUT2D eigenvalue weighted by atomic mass is 9.99. The van der Waals surface area contributed by atoms with E-state index in [-0.39, 0.29) is 11.3 Å². The topological polar surface area (TPSA) is 63.3 Å². The Labute approximate surface area is 105 Å². The first-order valence-corrected chi connectivity index (χ1v) is 5.18. The van der Waals surface area contributed by atoms with Gasteiger partial charge in [0, 0.05) is 11.6 Å².